The molecule has 0 bridgehead atoms. The SMILES string of the molecule is CC(=O)c1ccc(NC(=O)c2ccc(Cl)c(N3C(=O)C(C)(C)CS3(=O)=O)c2)cc1. The van der Waals surface area contributed by atoms with Gasteiger partial charge in [0.1, 0.15) is 0 Å². The van der Waals surface area contributed by atoms with Crippen LogP contribution in [0.4, 0.5) is 11.4 Å². The van der Waals surface area contributed by atoms with Gasteiger partial charge in [-0.3, -0.25) is 14.4 Å². The Morgan fingerprint density at radius 3 is 2.17 bits per heavy atom. The molecule has 7 nitrogen and oxygen atoms in total. The molecular formula is C20H19ClN2O5S. The van der Waals surface area contributed by atoms with Crippen molar-refractivity contribution in [3.8, 4) is 0 Å². The van der Waals surface area contributed by atoms with Crippen LogP contribution in [0.5, 0.6) is 0 Å². The van der Waals surface area contributed by atoms with Crippen molar-refractivity contribution in [1.29, 1.82) is 0 Å². The predicted molar refractivity (Wildman–Crippen MR) is 111 cm³/mol. The highest BCUT2D eigenvalue weighted by Gasteiger charge is 2.50. The van der Waals surface area contributed by atoms with Crippen LogP contribution >= 0.6 is 11.6 Å². The maximum atomic E-state index is 12.6. The van der Waals surface area contributed by atoms with Crippen LogP contribution in [-0.4, -0.2) is 31.8 Å². The first kappa shape index (κ1) is 21.0. The van der Waals surface area contributed by atoms with E-state index in [1.807, 2.05) is 0 Å². The third-order valence-electron chi connectivity index (χ3n) is 4.56. The third kappa shape index (κ3) is 4.04. The molecule has 0 spiro atoms. The highest BCUT2D eigenvalue weighted by Crippen LogP contribution is 2.39. The van der Waals surface area contributed by atoms with Crippen molar-refractivity contribution in [2.45, 2.75) is 20.8 Å². The van der Waals surface area contributed by atoms with Crippen LogP contribution in [0, 0.1) is 5.41 Å². The molecule has 2 aromatic carbocycles. The van der Waals surface area contributed by atoms with Gasteiger partial charge in [-0.1, -0.05) is 11.6 Å². The lowest BCUT2D eigenvalue weighted by Gasteiger charge is -2.19. The smallest absolute Gasteiger partial charge is 0.255 e. The summed E-state index contributed by atoms with van der Waals surface area (Å²) in [6.45, 7) is 4.53. The van der Waals surface area contributed by atoms with E-state index in [-0.39, 0.29) is 27.8 Å². The van der Waals surface area contributed by atoms with E-state index in [0.29, 0.717) is 15.6 Å². The number of sulfonamides is 1. The van der Waals surface area contributed by atoms with Crippen molar-refractivity contribution < 1.29 is 22.8 Å². The fourth-order valence-corrected chi connectivity index (χ4v) is 5.41. The molecule has 9 heteroatoms. The number of amides is 2. The van der Waals surface area contributed by atoms with Gasteiger partial charge in [0, 0.05) is 16.8 Å². The second kappa shape index (κ2) is 7.27. The summed E-state index contributed by atoms with van der Waals surface area (Å²) in [5.74, 6) is -1.54. The highest BCUT2D eigenvalue weighted by molar-refractivity contribution is 7.94. The summed E-state index contributed by atoms with van der Waals surface area (Å²) < 4.78 is 25.7. The number of Topliss-reactive ketones (excluding diaryl/α,β-unsaturated/α-hetero) is 1. The standard InChI is InChI=1S/C20H19ClN2O5S/c1-12(24)13-4-7-15(8-5-13)22-18(25)14-6-9-16(21)17(10-14)23-19(26)20(2,3)11-29(23,27)28/h4-10H,11H2,1-3H3,(H,22,25). The molecular weight excluding hydrogens is 416 g/mol. The largest absolute Gasteiger partial charge is 0.322 e. The van der Waals surface area contributed by atoms with Crippen molar-refractivity contribution in [1.82, 2.24) is 0 Å². The average Bonchev–Trinajstić information content (AvgIpc) is 2.79. The molecule has 3 rings (SSSR count). The zero-order valence-electron chi connectivity index (χ0n) is 16.0. The number of carbonyl (C=O) groups is 3. The molecule has 0 unspecified atom stereocenters. The normalized spacial score (nSPS) is 17.2. The van der Waals surface area contributed by atoms with E-state index in [2.05, 4.69) is 5.32 Å². The van der Waals surface area contributed by atoms with Gasteiger partial charge in [0.05, 0.1) is 21.9 Å². The molecule has 0 aliphatic carbocycles. The van der Waals surface area contributed by atoms with E-state index in [1.54, 1.807) is 38.1 Å². The number of anilines is 2. The topological polar surface area (TPSA) is 101 Å². The lowest BCUT2D eigenvalue weighted by molar-refractivity contribution is -0.123. The average molecular weight is 435 g/mol. The molecule has 29 heavy (non-hydrogen) atoms. The Balaban J connectivity index is 1.92. The van der Waals surface area contributed by atoms with Gasteiger partial charge >= 0.3 is 0 Å². The van der Waals surface area contributed by atoms with Gasteiger partial charge in [-0.25, -0.2) is 12.7 Å². The first-order valence-corrected chi connectivity index (χ1v) is 10.7. The molecule has 0 saturated carbocycles. The number of nitrogens with zero attached hydrogens (tertiary/aromatic N) is 1. The predicted octanol–water partition coefficient (Wildman–Crippen LogP) is 3.50. The Hall–Kier alpha value is -2.71. The summed E-state index contributed by atoms with van der Waals surface area (Å²) in [7, 11) is -3.90. The van der Waals surface area contributed by atoms with Crippen LogP contribution in [-0.2, 0) is 14.8 Å². The molecule has 1 saturated heterocycles. The first-order valence-electron chi connectivity index (χ1n) is 8.72. The summed E-state index contributed by atoms with van der Waals surface area (Å²) >= 11 is 6.15. The zero-order valence-corrected chi connectivity index (χ0v) is 17.6. The maximum absolute atomic E-state index is 12.6. The summed E-state index contributed by atoms with van der Waals surface area (Å²) in [5, 5.41) is 2.71. The van der Waals surface area contributed by atoms with E-state index in [1.165, 1.54) is 25.1 Å². The molecule has 1 fully saturated rings. The summed E-state index contributed by atoms with van der Waals surface area (Å²) in [5.41, 5.74) is -0.0342. The van der Waals surface area contributed by atoms with Crippen molar-refractivity contribution in [2.24, 2.45) is 5.41 Å². The number of benzene rings is 2. The number of hydrogen-bond donors (Lipinski definition) is 1. The van der Waals surface area contributed by atoms with Crippen molar-refractivity contribution in [3.63, 3.8) is 0 Å². The third-order valence-corrected chi connectivity index (χ3v) is 6.89. The number of hydrogen-bond acceptors (Lipinski definition) is 5. The fraction of sp³-hybridized carbons (Fsp3) is 0.250. The van der Waals surface area contributed by atoms with E-state index >= 15 is 0 Å². The zero-order chi connectivity index (χ0) is 21.6. The molecule has 1 N–H and O–H groups in total. The quantitative estimate of drug-likeness (QED) is 0.742. The van der Waals surface area contributed by atoms with E-state index in [0.717, 1.165) is 0 Å². The Morgan fingerprint density at radius 2 is 1.66 bits per heavy atom. The van der Waals surface area contributed by atoms with E-state index in [9.17, 15) is 22.8 Å². The molecule has 0 radical (unpaired) electrons. The van der Waals surface area contributed by atoms with Crippen molar-refractivity contribution >= 4 is 50.6 Å². The molecule has 0 aromatic heterocycles. The van der Waals surface area contributed by atoms with Gasteiger partial charge < -0.3 is 5.32 Å². The van der Waals surface area contributed by atoms with Crippen LogP contribution in [0.15, 0.2) is 42.5 Å². The monoisotopic (exact) mass is 434 g/mol. The number of rotatable bonds is 4. The molecule has 152 valence electrons. The minimum Gasteiger partial charge on any atom is -0.322 e. The van der Waals surface area contributed by atoms with Crippen LogP contribution in [0.3, 0.4) is 0 Å². The van der Waals surface area contributed by atoms with Gasteiger partial charge in [0.25, 0.3) is 5.91 Å². The van der Waals surface area contributed by atoms with Crippen molar-refractivity contribution in [2.75, 3.05) is 15.4 Å². The summed E-state index contributed by atoms with van der Waals surface area (Å²) in [6.07, 6.45) is 0. The fourth-order valence-electron chi connectivity index (χ4n) is 3.04. The molecule has 2 amide bonds. The first-order chi connectivity index (χ1) is 13.4. The Kier molecular flexibility index (Phi) is 5.27. The number of carbonyl (C=O) groups excluding carboxylic acids is 3. The molecule has 1 aliphatic heterocycles. The summed E-state index contributed by atoms with van der Waals surface area (Å²) in [4.78, 5) is 36.6. The molecule has 2 aromatic rings. The van der Waals surface area contributed by atoms with Crippen molar-refractivity contribution in [3.05, 3.63) is 58.6 Å². The van der Waals surface area contributed by atoms with E-state index in [4.69, 9.17) is 11.6 Å². The minimum absolute atomic E-state index is 0.0435. The van der Waals surface area contributed by atoms with Gasteiger partial charge in [-0.05, 0) is 63.2 Å². The van der Waals surface area contributed by atoms with Gasteiger partial charge in [-0.15, -0.1) is 0 Å². The summed E-state index contributed by atoms with van der Waals surface area (Å²) in [6, 6.07) is 10.4. The van der Waals surface area contributed by atoms with Crippen LogP contribution in [0.1, 0.15) is 41.5 Å². The maximum Gasteiger partial charge on any atom is 0.255 e. The van der Waals surface area contributed by atoms with Crippen LogP contribution in [0.2, 0.25) is 5.02 Å². The lowest BCUT2D eigenvalue weighted by atomic mass is 9.95. The second-order valence-electron chi connectivity index (χ2n) is 7.46. The Labute approximate surface area is 173 Å². The molecule has 1 heterocycles. The minimum atomic E-state index is -3.90. The number of ketones is 1. The number of halogens is 1. The Bertz CT molecular complexity index is 1120. The Morgan fingerprint density at radius 1 is 1.07 bits per heavy atom. The van der Waals surface area contributed by atoms with Gasteiger partial charge in [0.2, 0.25) is 15.9 Å². The number of nitrogens with one attached hydrogen (secondary N) is 1. The van der Waals surface area contributed by atoms with E-state index < -0.39 is 27.3 Å². The lowest BCUT2D eigenvalue weighted by Crippen LogP contribution is -2.33. The van der Waals surface area contributed by atoms with Crippen LogP contribution < -0.4 is 9.62 Å². The molecule has 1 aliphatic rings. The molecule has 0 atom stereocenters. The van der Waals surface area contributed by atoms with Crippen LogP contribution in [0.25, 0.3) is 0 Å². The van der Waals surface area contributed by atoms with Gasteiger partial charge in [-0.2, -0.15) is 0 Å². The highest BCUT2D eigenvalue weighted by atomic mass is 35.5. The van der Waals surface area contributed by atoms with Gasteiger partial charge in [0.15, 0.2) is 5.78 Å². The second-order valence-corrected chi connectivity index (χ2v) is 9.69.